The Morgan fingerprint density at radius 1 is 1.26 bits per heavy atom. The minimum absolute atomic E-state index is 0.0799. The summed E-state index contributed by atoms with van der Waals surface area (Å²) in [7, 11) is -3.49. The van der Waals surface area contributed by atoms with Crippen molar-refractivity contribution < 1.29 is 8.42 Å². The minimum Gasteiger partial charge on any atom is -0.398 e. The molecule has 0 fully saturated rings. The van der Waals surface area contributed by atoms with Crippen LogP contribution in [-0.2, 0) is 10.0 Å². The zero-order chi connectivity index (χ0) is 14.8. The number of benzene rings is 1. The van der Waals surface area contributed by atoms with Crippen molar-refractivity contribution in [2.24, 2.45) is 5.92 Å². The molecule has 0 heterocycles. The number of nitrogens with two attached hydrogens (primary N) is 1. The fraction of sp³-hybridized carbons (Fsp3) is 0.538. The molecule has 0 atom stereocenters. The second-order valence-electron chi connectivity index (χ2n) is 5.25. The number of nitrogens with zero attached hydrogens (tertiary/aromatic N) is 1. The molecule has 1 aromatic carbocycles. The van der Waals surface area contributed by atoms with Crippen LogP contribution in [0, 0.1) is 5.92 Å². The van der Waals surface area contributed by atoms with Crippen LogP contribution in [0.15, 0.2) is 27.6 Å². The highest BCUT2D eigenvalue weighted by Crippen LogP contribution is 2.26. The van der Waals surface area contributed by atoms with Crippen LogP contribution >= 0.6 is 15.9 Å². The summed E-state index contributed by atoms with van der Waals surface area (Å²) < 4.78 is 27.4. The molecule has 0 aromatic heterocycles. The van der Waals surface area contributed by atoms with E-state index in [0.717, 1.165) is 0 Å². The van der Waals surface area contributed by atoms with Crippen LogP contribution in [0.4, 0.5) is 5.69 Å². The minimum atomic E-state index is -3.49. The van der Waals surface area contributed by atoms with E-state index >= 15 is 0 Å². The summed E-state index contributed by atoms with van der Waals surface area (Å²) >= 11 is 3.27. The Labute approximate surface area is 124 Å². The van der Waals surface area contributed by atoms with Crippen LogP contribution in [0.1, 0.15) is 27.7 Å². The van der Waals surface area contributed by atoms with E-state index < -0.39 is 10.0 Å². The zero-order valence-corrected chi connectivity index (χ0v) is 14.1. The van der Waals surface area contributed by atoms with E-state index in [1.807, 2.05) is 27.7 Å². The second-order valence-corrected chi connectivity index (χ2v) is 7.99. The van der Waals surface area contributed by atoms with Crippen LogP contribution in [-0.4, -0.2) is 25.3 Å². The van der Waals surface area contributed by atoms with Crippen LogP contribution in [0.3, 0.4) is 0 Å². The topological polar surface area (TPSA) is 63.4 Å². The summed E-state index contributed by atoms with van der Waals surface area (Å²) in [4.78, 5) is 0.267. The van der Waals surface area contributed by atoms with E-state index in [0.29, 0.717) is 16.7 Å². The van der Waals surface area contributed by atoms with Gasteiger partial charge < -0.3 is 5.73 Å². The molecule has 0 saturated heterocycles. The van der Waals surface area contributed by atoms with Gasteiger partial charge in [0.05, 0.1) is 4.90 Å². The maximum Gasteiger partial charge on any atom is 0.243 e. The molecule has 0 spiro atoms. The average Bonchev–Trinajstić information content (AvgIpc) is 2.28. The zero-order valence-electron chi connectivity index (χ0n) is 11.7. The monoisotopic (exact) mass is 348 g/mol. The highest BCUT2D eigenvalue weighted by Gasteiger charge is 2.27. The van der Waals surface area contributed by atoms with Crippen molar-refractivity contribution in [1.29, 1.82) is 0 Å². The predicted octanol–water partition coefficient (Wildman–Crippen LogP) is 3.09. The van der Waals surface area contributed by atoms with Gasteiger partial charge in [0.25, 0.3) is 0 Å². The quantitative estimate of drug-likeness (QED) is 0.831. The lowest BCUT2D eigenvalue weighted by atomic mass is 10.2. The summed E-state index contributed by atoms with van der Waals surface area (Å²) in [6.07, 6.45) is 0. The van der Waals surface area contributed by atoms with Gasteiger partial charge in [-0.2, -0.15) is 4.31 Å². The van der Waals surface area contributed by atoms with Crippen molar-refractivity contribution in [3.8, 4) is 0 Å². The lowest BCUT2D eigenvalue weighted by Gasteiger charge is -2.27. The van der Waals surface area contributed by atoms with Crippen molar-refractivity contribution in [3.63, 3.8) is 0 Å². The third kappa shape index (κ3) is 3.94. The number of halogens is 1. The van der Waals surface area contributed by atoms with Crippen molar-refractivity contribution >= 4 is 31.6 Å². The summed E-state index contributed by atoms with van der Waals surface area (Å²) in [6.45, 7) is 8.27. The third-order valence-electron chi connectivity index (χ3n) is 2.70. The van der Waals surface area contributed by atoms with Gasteiger partial charge in [-0.05, 0) is 53.9 Å². The van der Waals surface area contributed by atoms with E-state index in [1.165, 1.54) is 4.31 Å². The summed E-state index contributed by atoms with van der Waals surface area (Å²) in [6, 6.07) is 4.62. The van der Waals surface area contributed by atoms with E-state index in [4.69, 9.17) is 5.73 Å². The van der Waals surface area contributed by atoms with E-state index in [1.54, 1.807) is 18.2 Å². The maximum absolute atomic E-state index is 12.6. The Kier molecular flexibility index (Phi) is 5.41. The largest absolute Gasteiger partial charge is 0.398 e. The van der Waals surface area contributed by atoms with Crippen molar-refractivity contribution in [2.45, 2.75) is 38.6 Å². The van der Waals surface area contributed by atoms with Crippen molar-refractivity contribution in [3.05, 3.63) is 22.7 Å². The number of hydrogen-bond acceptors (Lipinski definition) is 3. The average molecular weight is 349 g/mol. The van der Waals surface area contributed by atoms with Gasteiger partial charge in [0.1, 0.15) is 0 Å². The molecule has 0 aliphatic heterocycles. The Morgan fingerprint density at radius 3 is 2.26 bits per heavy atom. The molecule has 0 aliphatic rings. The number of hydrogen-bond donors (Lipinski definition) is 1. The van der Waals surface area contributed by atoms with E-state index in [-0.39, 0.29) is 16.9 Å². The molecule has 0 aliphatic carbocycles. The molecule has 1 aromatic rings. The lowest BCUT2D eigenvalue weighted by molar-refractivity contribution is 0.319. The molecule has 0 bridgehead atoms. The Bertz CT molecular complexity index is 542. The Balaban J connectivity index is 3.22. The first-order valence-electron chi connectivity index (χ1n) is 6.23. The standard InChI is InChI=1S/C13H21BrN2O2S/c1-9(2)8-16(10(3)4)19(17,18)11-5-6-13(15)12(14)7-11/h5-7,9-10H,8,15H2,1-4H3. The molecular weight excluding hydrogens is 328 g/mol. The summed E-state index contributed by atoms with van der Waals surface area (Å²) in [5.41, 5.74) is 6.22. The first kappa shape index (κ1) is 16.5. The van der Waals surface area contributed by atoms with Gasteiger partial charge in [0, 0.05) is 22.7 Å². The molecule has 1 rings (SSSR count). The normalized spacial score (nSPS) is 12.6. The first-order chi connectivity index (χ1) is 8.66. The van der Waals surface area contributed by atoms with Gasteiger partial charge >= 0.3 is 0 Å². The number of rotatable bonds is 5. The van der Waals surface area contributed by atoms with Gasteiger partial charge in [0.15, 0.2) is 0 Å². The van der Waals surface area contributed by atoms with Gasteiger partial charge in [-0.3, -0.25) is 0 Å². The summed E-state index contributed by atoms with van der Waals surface area (Å²) in [5, 5.41) is 0. The highest BCUT2D eigenvalue weighted by molar-refractivity contribution is 9.10. The third-order valence-corrected chi connectivity index (χ3v) is 5.42. The fourth-order valence-electron chi connectivity index (χ4n) is 1.75. The fourth-order valence-corrected chi connectivity index (χ4v) is 4.11. The van der Waals surface area contributed by atoms with Gasteiger partial charge in [0.2, 0.25) is 10.0 Å². The van der Waals surface area contributed by atoms with Crippen LogP contribution in [0.5, 0.6) is 0 Å². The van der Waals surface area contributed by atoms with Crippen molar-refractivity contribution in [2.75, 3.05) is 12.3 Å². The number of sulfonamides is 1. The van der Waals surface area contributed by atoms with Crippen LogP contribution in [0.25, 0.3) is 0 Å². The molecule has 0 radical (unpaired) electrons. The molecule has 4 nitrogen and oxygen atoms in total. The highest BCUT2D eigenvalue weighted by atomic mass is 79.9. The summed E-state index contributed by atoms with van der Waals surface area (Å²) in [5.74, 6) is 0.273. The molecule has 108 valence electrons. The Morgan fingerprint density at radius 2 is 1.84 bits per heavy atom. The van der Waals surface area contributed by atoms with E-state index in [2.05, 4.69) is 15.9 Å². The van der Waals surface area contributed by atoms with Crippen LogP contribution < -0.4 is 5.73 Å². The molecular formula is C13H21BrN2O2S. The van der Waals surface area contributed by atoms with Crippen molar-refractivity contribution in [1.82, 2.24) is 4.31 Å². The van der Waals surface area contributed by atoms with Crippen LogP contribution in [0.2, 0.25) is 0 Å². The number of anilines is 1. The van der Waals surface area contributed by atoms with Gasteiger partial charge in [-0.1, -0.05) is 13.8 Å². The van der Waals surface area contributed by atoms with Gasteiger partial charge in [-0.15, -0.1) is 0 Å². The molecule has 6 heteroatoms. The second kappa shape index (κ2) is 6.24. The predicted molar refractivity (Wildman–Crippen MR) is 82.4 cm³/mol. The molecule has 0 saturated carbocycles. The van der Waals surface area contributed by atoms with E-state index in [9.17, 15) is 8.42 Å². The maximum atomic E-state index is 12.6. The Hall–Kier alpha value is -0.590. The SMILES string of the molecule is CC(C)CN(C(C)C)S(=O)(=O)c1ccc(N)c(Br)c1. The molecule has 0 unspecified atom stereocenters. The first-order valence-corrected chi connectivity index (χ1v) is 8.46. The van der Waals surface area contributed by atoms with Gasteiger partial charge in [-0.25, -0.2) is 8.42 Å². The number of nitrogen functional groups attached to an aromatic ring is 1. The molecule has 19 heavy (non-hydrogen) atoms. The molecule has 0 amide bonds. The lowest BCUT2D eigenvalue weighted by Crippen LogP contribution is -2.39. The molecule has 2 N–H and O–H groups in total. The smallest absolute Gasteiger partial charge is 0.243 e.